The quantitative estimate of drug-likeness (QED) is 0.841. The smallest absolute Gasteiger partial charge is 0.121 e. The van der Waals surface area contributed by atoms with Crippen LogP contribution in [0, 0.1) is 0 Å². The second-order valence-electron chi connectivity index (χ2n) is 4.25. The normalized spacial score (nSPS) is 17.8. The summed E-state index contributed by atoms with van der Waals surface area (Å²) in [5, 5.41) is 3.66. The average Bonchev–Trinajstić information content (AvgIpc) is 2.51. The number of nitrogens with two attached hydrogens (primary N) is 1. The van der Waals surface area contributed by atoms with E-state index in [-0.39, 0.29) is 6.42 Å². The molecule has 1 unspecified atom stereocenters. The first kappa shape index (κ1) is 9.15. The minimum absolute atomic E-state index is 0.103. The molecule has 0 aliphatic carbocycles. The van der Waals surface area contributed by atoms with Gasteiger partial charge in [-0.3, -0.25) is 4.98 Å². The zero-order chi connectivity index (χ0) is 17.1. The lowest BCUT2D eigenvalue weighted by molar-refractivity contribution is 0.415. The highest BCUT2D eigenvalue weighted by molar-refractivity contribution is 5.91. The van der Waals surface area contributed by atoms with E-state index < -0.39 is 12.9 Å². The SMILES string of the molecule is [2H]C([2H])([2H])C([2H])(CCCN)Nc1cc(OC)cc2cccnc12. The lowest BCUT2D eigenvalue weighted by Gasteiger charge is -2.17. The van der Waals surface area contributed by atoms with Gasteiger partial charge in [0.15, 0.2) is 0 Å². The van der Waals surface area contributed by atoms with Crippen molar-refractivity contribution in [3.05, 3.63) is 30.5 Å². The molecule has 2 aromatic rings. The van der Waals surface area contributed by atoms with Crippen LogP contribution in [0.25, 0.3) is 10.9 Å². The molecule has 1 aromatic heterocycles. The number of nitrogens with one attached hydrogen (secondary N) is 1. The van der Waals surface area contributed by atoms with Crippen molar-refractivity contribution in [1.29, 1.82) is 0 Å². The lowest BCUT2D eigenvalue weighted by atomic mass is 10.1. The number of hydrogen-bond acceptors (Lipinski definition) is 4. The van der Waals surface area contributed by atoms with Crippen LogP contribution in [0.15, 0.2) is 30.5 Å². The molecule has 0 aliphatic rings. The third kappa shape index (κ3) is 3.35. The zero-order valence-corrected chi connectivity index (χ0v) is 10.9. The van der Waals surface area contributed by atoms with E-state index in [2.05, 4.69) is 10.3 Å². The van der Waals surface area contributed by atoms with E-state index in [1.54, 1.807) is 18.3 Å². The van der Waals surface area contributed by atoms with Gasteiger partial charge >= 0.3 is 0 Å². The topological polar surface area (TPSA) is 60.2 Å². The van der Waals surface area contributed by atoms with Gasteiger partial charge < -0.3 is 15.8 Å². The van der Waals surface area contributed by atoms with Gasteiger partial charge in [-0.25, -0.2) is 0 Å². The van der Waals surface area contributed by atoms with E-state index in [0.29, 0.717) is 29.9 Å². The maximum Gasteiger partial charge on any atom is 0.121 e. The first-order valence-electron chi connectivity index (χ1n) is 8.22. The van der Waals surface area contributed by atoms with Crippen molar-refractivity contribution >= 4 is 16.6 Å². The van der Waals surface area contributed by atoms with Crippen LogP contribution >= 0.6 is 0 Å². The van der Waals surface area contributed by atoms with Crippen LogP contribution < -0.4 is 15.8 Å². The largest absolute Gasteiger partial charge is 0.497 e. The average molecular weight is 263 g/mol. The number of nitrogens with zero attached hydrogens (tertiary/aromatic N) is 1. The Labute approximate surface area is 119 Å². The highest BCUT2D eigenvalue weighted by atomic mass is 16.5. The molecular formula is C15H21N3O. The van der Waals surface area contributed by atoms with E-state index >= 15 is 0 Å². The summed E-state index contributed by atoms with van der Waals surface area (Å²) in [5.41, 5.74) is 6.54. The molecule has 1 atom stereocenters. The summed E-state index contributed by atoms with van der Waals surface area (Å²) in [4.78, 5) is 4.29. The van der Waals surface area contributed by atoms with Crippen LogP contribution in [-0.2, 0) is 0 Å². The van der Waals surface area contributed by atoms with Gasteiger partial charge in [-0.2, -0.15) is 0 Å². The maximum atomic E-state index is 8.42. The molecule has 1 aromatic carbocycles. The van der Waals surface area contributed by atoms with Gasteiger partial charge in [0.05, 0.1) is 19.7 Å². The van der Waals surface area contributed by atoms with Gasteiger partial charge in [-0.1, -0.05) is 6.07 Å². The second-order valence-corrected chi connectivity index (χ2v) is 4.25. The molecule has 4 nitrogen and oxygen atoms in total. The fourth-order valence-electron chi connectivity index (χ4n) is 1.88. The molecule has 1 heterocycles. The highest BCUT2D eigenvalue weighted by Crippen LogP contribution is 2.28. The van der Waals surface area contributed by atoms with Crippen molar-refractivity contribution in [2.45, 2.75) is 25.7 Å². The van der Waals surface area contributed by atoms with Gasteiger partial charge in [0, 0.05) is 27.8 Å². The minimum atomic E-state index is -2.51. The van der Waals surface area contributed by atoms with E-state index in [1.165, 1.54) is 7.11 Å². The molecule has 0 fully saturated rings. The number of pyridine rings is 1. The molecule has 0 radical (unpaired) electrons. The fraction of sp³-hybridized carbons (Fsp3) is 0.400. The van der Waals surface area contributed by atoms with Crippen LogP contribution in [-0.4, -0.2) is 24.7 Å². The summed E-state index contributed by atoms with van der Waals surface area (Å²) in [5.74, 6) is 0.569. The van der Waals surface area contributed by atoms with Crippen LogP contribution in [0.1, 0.15) is 25.2 Å². The van der Waals surface area contributed by atoms with Gasteiger partial charge in [-0.15, -0.1) is 0 Å². The Balaban J connectivity index is 2.49. The third-order valence-corrected chi connectivity index (χ3v) is 2.83. The molecule has 3 N–H and O–H groups in total. The number of fused-ring (bicyclic) bond motifs is 1. The predicted molar refractivity (Wildman–Crippen MR) is 79.7 cm³/mol. The van der Waals surface area contributed by atoms with Gasteiger partial charge in [-0.05, 0) is 38.4 Å². The summed E-state index contributed by atoms with van der Waals surface area (Å²) in [6.07, 6.45) is 2.16. The van der Waals surface area contributed by atoms with E-state index in [1.807, 2.05) is 12.1 Å². The molecule has 0 saturated heterocycles. The number of aromatic nitrogens is 1. The summed E-state index contributed by atoms with van der Waals surface area (Å²) >= 11 is 0. The van der Waals surface area contributed by atoms with Crippen molar-refractivity contribution in [1.82, 2.24) is 4.98 Å². The van der Waals surface area contributed by atoms with Crippen molar-refractivity contribution in [3.8, 4) is 5.75 Å². The number of ether oxygens (including phenoxy) is 1. The molecular weight excluding hydrogens is 238 g/mol. The Morgan fingerprint density at radius 2 is 2.47 bits per heavy atom. The molecule has 19 heavy (non-hydrogen) atoms. The number of hydrogen-bond donors (Lipinski definition) is 2. The first-order valence-corrected chi connectivity index (χ1v) is 6.22. The van der Waals surface area contributed by atoms with Crippen LogP contribution in [0.4, 0.5) is 5.69 Å². The van der Waals surface area contributed by atoms with Gasteiger partial charge in [0.2, 0.25) is 0 Å². The summed E-state index contributed by atoms with van der Waals surface area (Å²) < 4.78 is 36.8. The molecule has 0 spiro atoms. The number of methoxy groups -OCH3 is 1. The first-order chi connectivity index (χ1) is 10.8. The van der Waals surface area contributed by atoms with Crippen molar-refractivity contribution in [2.24, 2.45) is 5.73 Å². The number of rotatable bonds is 6. The molecule has 0 bridgehead atoms. The Morgan fingerprint density at radius 3 is 3.21 bits per heavy atom. The molecule has 2 rings (SSSR count). The molecule has 0 amide bonds. The van der Waals surface area contributed by atoms with E-state index in [9.17, 15) is 0 Å². The maximum absolute atomic E-state index is 8.42. The third-order valence-electron chi connectivity index (χ3n) is 2.83. The Hall–Kier alpha value is -1.81. The molecule has 0 saturated carbocycles. The van der Waals surface area contributed by atoms with Gasteiger partial charge in [0.25, 0.3) is 0 Å². The van der Waals surface area contributed by atoms with Crippen molar-refractivity contribution in [2.75, 3.05) is 19.0 Å². The number of benzene rings is 1. The molecule has 0 aliphatic heterocycles. The van der Waals surface area contributed by atoms with Gasteiger partial charge in [0.1, 0.15) is 5.75 Å². The monoisotopic (exact) mass is 263 g/mol. The van der Waals surface area contributed by atoms with E-state index in [4.69, 9.17) is 16.0 Å². The van der Waals surface area contributed by atoms with Crippen LogP contribution in [0.5, 0.6) is 5.75 Å². The second kappa shape index (κ2) is 6.38. The fourth-order valence-corrected chi connectivity index (χ4v) is 1.88. The summed E-state index contributed by atoms with van der Waals surface area (Å²) in [6, 6.07) is 5.28. The molecule has 102 valence electrons. The van der Waals surface area contributed by atoms with Crippen molar-refractivity contribution in [3.63, 3.8) is 0 Å². The minimum Gasteiger partial charge on any atom is -0.497 e. The summed E-state index contributed by atoms with van der Waals surface area (Å²) in [7, 11) is 1.54. The standard InChI is InChI=1S/C15H21N3O/c1-11(5-3-7-16)18-14-10-13(19-2)9-12-6-4-8-17-15(12)14/h4,6,8-11,18H,3,5,7,16H2,1-2H3/i1D3,11D. The Morgan fingerprint density at radius 1 is 1.58 bits per heavy atom. The predicted octanol–water partition coefficient (Wildman–Crippen LogP) is 2.78. The van der Waals surface area contributed by atoms with Crippen molar-refractivity contribution < 1.29 is 10.2 Å². The number of anilines is 1. The zero-order valence-electron chi connectivity index (χ0n) is 14.9. The molecule has 4 heteroatoms. The Kier molecular flexibility index (Phi) is 3.07. The summed E-state index contributed by atoms with van der Waals surface area (Å²) in [6.45, 7) is -2.18. The highest BCUT2D eigenvalue weighted by Gasteiger charge is 2.08. The Bertz CT molecular complexity index is 677. The van der Waals surface area contributed by atoms with E-state index in [0.717, 1.165) is 5.39 Å². The van der Waals surface area contributed by atoms with Crippen LogP contribution in [0.3, 0.4) is 0 Å². The van der Waals surface area contributed by atoms with Crippen LogP contribution in [0.2, 0.25) is 0 Å². The lowest BCUT2D eigenvalue weighted by Crippen LogP contribution is -2.17.